The summed E-state index contributed by atoms with van der Waals surface area (Å²) in [5.41, 5.74) is 3.55. The van der Waals surface area contributed by atoms with E-state index in [1.54, 1.807) is 0 Å². The Morgan fingerprint density at radius 1 is 1.38 bits per heavy atom. The van der Waals surface area contributed by atoms with Crippen LogP contribution < -0.4 is 10.2 Å². The lowest BCUT2D eigenvalue weighted by Crippen LogP contribution is -2.24. The van der Waals surface area contributed by atoms with Crippen molar-refractivity contribution >= 4 is 29.4 Å². The van der Waals surface area contributed by atoms with Gasteiger partial charge in [0.25, 0.3) is 5.91 Å². The quantitative estimate of drug-likeness (QED) is 0.456. The molecule has 0 atom stereocenters. The van der Waals surface area contributed by atoms with Gasteiger partial charge in [-0.2, -0.15) is 5.10 Å². The highest BCUT2D eigenvalue weighted by Gasteiger charge is 2.17. The molecule has 0 fully saturated rings. The Kier molecular flexibility index (Phi) is 6.13. The number of hydrogen-bond donors (Lipinski definition) is 2. The second kappa shape index (κ2) is 8.30. The number of carbonyl (C=O) groups excluding carboxylic acids is 1. The van der Waals surface area contributed by atoms with Crippen LogP contribution in [0.3, 0.4) is 0 Å². The number of halogens is 1. The number of benzene rings is 2. The molecule has 0 aliphatic carbocycles. The van der Waals surface area contributed by atoms with E-state index in [2.05, 4.69) is 10.5 Å². The van der Waals surface area contributed by atoms with E-state index < -0.39 is 22.3 Å². The van der Waals surface area contributed by atoms with Crippen LogP contribution in [0, 0.1) is 24.0 Å². The van der Waals surface area contributed by atoms with Gasteiger partial charge in [-0.05, 0) is 37.1 Å². The second-order valence-corrected chi connectivity index (χ2v) is 5.91. The number of phenolic OH excluding ortho intramolecular Hbond substituents is 1. The molecule has 9 heteroatoms. The van der Waals surface area contributed by atoms with E-state index >= 15 is 0 Å². The third-order valence-electron chi connectivity index (χ3n) is 3.38. The van der Waals surface area contributed by atoms with Gasteiger partial charge in [-0.3, -0.25) is 14.9 Å². The molecule has 0 aromatic heterocycles. The van der Waals surface area contributed by atoms with Crippen molar-refractivity contribution < 1.29 is 19.6 Å². The zero-order chi connectivity index (χ0) is 19.3. The largest absolute Gasteiger partial charge is 0.502 e. The summed E-state index contributed by atoms with van der Waals surface area (Å²) in [7, 11) is 0. The fourth-order valence-electron chi connectivity index (χ4n) is 2.06. The predicted molar refractivity (Wildman–Crippen MR) is 96.9 cm³/mol. The summed E-state index contributed by atoms with van der Waals surface area (Å²) in [6.07, 6.45) is 1.06. The molecule has 0 spiro atoms. The molecule has 0 saturated heterocycles. The number of nitro groups is 1. The molecule has 0 saturated carbocycles. The van der Waals surface area contributed by atoms with Gasteiger partial charge in [0.15, 0.2) is 6.61 Å². The molecule has 2 N–H and O–H groups in total. The van der Waals surface area contributed by atoms with E-state index in [-0.39, 0.29) is 17.2 Å². The summed E-state index contributed by atoms with van der Waals surface area (Å²) in [4.78, 5) is 21.9. The summed E-state index contributed by atoms with van der Waals surface area (Å²) < 4.78 is 5.43. The van der Waals surface area contributed by atoms with Crippen LogP contribution in [0.5, 0.6) is 11.5 Å². The number of aryl methyl sites for hydroxylation is 2. The molecule has 1 amide bonds. The van der Waals surface area contributed by atoms with Crippen LogP contribution in [-0.2, 0) is 4.79 Å². The molecule has 26 heavy (non-hydrogen) atoms. The van der Waals surface area contributed by atoms with Crippen molar-refractivity contribution in [1.29, 1.82) is 0 Å². The molecule has 2 aromatic carbocycles. The highest BCUT2D eigenvalue weighted by molar-refractivity contribution is 6.31. The molecule has 2 rings (SSSR count). The number of nitrogens with one attached hydrogen (secondary N) is 1. The molecule has 0 aliphatic rings. The number of phenols is 1. The molecular weight excluding hydrogens is 362 g/mol. The summed E-state index contributed by atoms with van der Waals surface area (Å²) in [5, 5.41) is 24.4. The lowest BCUT2D eigenvalue weighted by molar-refractivity contribution is -0.385. The van der Waals surface area contributed by atoms with Gasteiger partial charge >= 0.3 is 5.69 Å². The first-order valence-corrected chi connectivity index (χ1v) is 7.84. The number of rotatable bonds is 6. The van der Waals surface area contributed by atoms with E-state index in [1.807, 2.05) is 32.0 Å². The fraction of sp³-hybridized carbons (Fsp3) is 0.176. The average Bonchev–Trinajstić information content (AvgIpc) is 2.58. The highest BCUT2D eigenvalue weighted by atomic mass is 35.5. The lowest BCUT2D eigenvalue weighted by atomic mass is 10.1. The molecule has 0 bridgehead atoms. The number of aromatic hydroxyl groups is 1. The first-order valence-electron chi connectivity index (χ1n) is 7.47. The Morgan fingerprint density at radius 2 is 2.12 bits per heavy atom. The van der Waals surface area contributed by atoms with E-state index in [4.69, 9.17) is 16.3 Å². The minimum Gasteiger partial charge on any atom is -0.502 e. The van der Waals surface area contributed by atoms with E-state index in [1.165, 1.54) is 6.07 Å². The Bertz CT molecular complexity index is 883. The number of nitrogens with zero attached hydrogens (tertiary/aromatic N) is 2. The van der Waals surface area contributed by atoms with Crippen molar-refractivity contribution in [2.75, 3.05) is 6.61 Å². The van der Waals surface area contributed by atoms with Crippen LogP contribution in [0.4, 0.5) is 5.69 Å². The number of nitro benzene ring substituents is 1. The Morgan fingerprint density at radius 3 is 2.81 bits per heavy atom. The molecule has 0 radical (unpaired) electrons. The van der Waals surface area contributed by atoms with Crippen molar-refractivity contribution in [2.45, 2.75) is 13.8 Å². The molecule has 0 aliphatic heterocycles. The van der Waals surface area contributed by atoms with Gasteiger partial charge in [0.05, 0.1) is 11.1 Å². The molecule has 2 aromatic rings. The third kappa shape index (κ3) is 4.93. The third-order valence-corrected chi connectivity index (χ3v) is 3.59. The predicted octanol–water partition coefficient (Wildman–Crippen LogP) is 3.10. The van der Waals surface area contributed by atoms with E-state index in [0.717, 1.165) is 23.4 Å². The Balaban J connectivity index is 1.99. The monoisotopic (exact) mass is 377 g/mol. The SMILES string of the molecule is Cc1ccc(C)c(OCC(=O)N/N=C/c2cc(Cl)cc([N+](=O)[O-])c2O)c1. The van der Waals surface area contributed by atoms with Crippen LogP contribution in [0.15, 0.2) is 35.4 Å². The van der Waals surface area contributed by atoms with Gasteiger partial charge in [0.2, 0.25) is 5.75 Å². The minimum atomic E-state index is -0.769. The van der Waals surface area contributed by atoms with Gasteiger partial charge in [-0.25, -0.2) is 5.43 Å². The number of hydrogen-bond acceptors (Lipinski definition) is 6. The Hall–Kier alpha value is -3.13. The molecule has 136 valence electrons. The topological polar surface area (TPSA) is 114 Å². The smallest absolute Gasteiger partial charge is 0.312 e. The molecule has 8 nitrogen and oxygen atoms in total. The van der Waals surface area contributed by atoms with E-state index in [9.17, 15) is 20.0 Å². The van der Waals surface area contributed by atoms with Gasteiger partial charge in [0, 0.05) is 16.7 Å². The number of amides is 1. The van der Waals surface area contributed by atoms with Gasteiger partial charge in [-0.1, -0.05) is 23.7 Å². The number of hydrazone groups is 1. The van der Waals surface area contributed by atoms with Crippen molar-refractivity contribution in [3.63, 3.8) is 0 Å². The van der Waals surface area contributed by atoms with Gasteiger partial charge < -0.3 is 9.84 Å². The average molecular weight is 378 g/mol. The maximum atomic E-state index is 11.8. The Labute approximate surface area is 154 Å². The van der Waals surface area contributed by atoms with Crippen molar-refractivity contribution in [2.24, 2.45) is 5.10 Å². The van der Waals surface area contributed by atoms with Crippen LogP contribution in [0.25, 0.3) is 0 Å². The van der Waals surface area contributed by atoms with Crippen LogP contribution in [-0.4, -0.2) is 28.8 Å². The second-order valence-electron chi connectivity index (χ2n) is 5.47. The van der Waals surface area contributed by atoms with Crippen molar-refractivity contribution in [1.82, 2.24) is 5.43 Å². The highest BCUT2D eigenvalue weighted by Crippen LogP contribution is 2.32. The van der Waals surface area contributed by atoms with E-state index in [0.29, 0.717) is 5.75 Å². The maximum absolute atomic E-state index is 11.8. The number of carbonyl (C=O) groups is 1. The molecular formula is C17H16ClN3O5. The first-order chi connectivity index (χ1) is 12.3. The van der Waals surface area contributed by atoms with Crippen molar-refractivity contribution in [3.8, 4) is 11.5 Å². The molecule has 0 heterocycles. The summed E-state index contributed by atoms with van der Waals surface area (Å²) >= 11 is 5.77. The van der Waals surface area contributed by atoms with Crippen LogP contribution >= 0.6 is 11.6 Å². The first kappa shape index (κ1) is 19.2. The zero-order valence-electron chi connectivity index (χ0n) is 14.0. The lowest BCUT2D eigenvalue weighted by Gasteiger charge is -2.08. The molecule has 0 unspecified atom stereocenters. The van der Waals surface area contributed by atoms with Crippen molar-refractivity contribution in [3.05, 3.63) is 62.2 Å². The van der Waals surface area contributed by atoms with Gasteiger partial charge in [0.1, 0.15) is 5.75 Å². The maximum Gasteiger partial charge on any atom is 0.312 e. The fourth-order valence-corrected chi connectivity index (χ4v) is 2.28. The summed E-state index contributed by atoms with van der Waals surface area (Å²) in [6, 6.07) is 7.94. The van der Waals surface area contributed by atoms with Crippen LogP contribution in [0.2, 0.25) is 5.02 Å². The normalized spacial score (nSPS) is 10.7. The zero-order valence-corrected chi connectivity index (χ0v) is 14.8. The number of ether oxygens (including phenoxy) is 1. The van der Waals surface area contributed by atoms with Gasteiger partial charge in [-0.15, -0.1) is 0 Å². The van der Waals surface area contributed by atoms with Crippen LogP contribution in [0.1, 0.15) is 16.7 Å². The summed E-state index contributed by atoms with van der Waals surface area (Å²) in [6.45, 7) is 3.51. The minimum absolute atomic E-state index is 0.0000491. The standard InChI is InChI=1S/C17H16ClN3O5/c1-10-3-4-11(2)15(5-10)26-9-16(22)20-19-8-12-6-13(18)7-14(17(12)23)21(24)25/h3-8,23H,9H2,1-2H3,(H,20,22)/b19-8+. The summed E-state index contributed by atoms with van der Waals surface area (Å²) in [5.74, 6) is -0.533.